The number of pyridine rings is 1. The van der Waals surface area contributed by atoms with Crippen molar-refractivity contribution in [2.75, 3.05) is 18.4 Å². The van der Waals surface area contributed by atoms with Crippen molar-refractivity contribution < 1.29 is 24.3 Å². The van der Waals surface area contributed by atoms with Crippen molar-refractivity contribution in [3.8, 4) is 0 Å². The van der Waals surface area contributed by atoms with Gasteiger partial charge in [-0.15, -0.1) is 0 Å². The van der Waals surface area contributed by atoms with Gasteiger partial charge in [-0.05, 0) is 50.7 Å². The van der Waals surface area contributed by atoms with Crippen molar-refractivity contribution in [1.29, 1.82) is 0 Å². The lowest BCUT2D eigenvalue weighted by atomic mass is 9.85. The molecule has 0 radical (unpaired) electrons. The van der Waals surface area contributed by atoms with Gasteiger partial charge in [-0.3, -0.25) is 24.5 Å². The Morgan fingerprint density at radius 1 is 1.06 bits per heavy atom. The second-order valence-electron chi connectivity index (χ2n) is 8.75. The van der Waals surface area contributed by atoms with Gasteiger partial charge in [0.1, 0.15) is 5.82 Å². The Bertz CT molecular complexity index is 880. The van der Waals surface area contributed by atoms with Gasteiger partial charge in [-0.2, -0.15) is 0 Å². The Labute approximate surface area is 180 Å². The molecule has 2 aliphatic heterocycles. The number of hydrogen-bond donors (Lipinski definition) is 3. The van der Waals surface area contributed by atoms with Crippen LogP contribution < -0.4 is 10.6 Å². The monoisotopic (exact) mass is 428 g/mol. The number of nitrogens with zero attached hydrogens (tertiary/aromatic N) is 2. The Morgan fingerprint density at radius 3 is 2.52 bits per heavy atom. The first-order chi connectivity index (χ1) is 14.9. The molecule has 9 nitrogen and oxygen atoms in total. The quantitative estimate of drug-likeness (QED) is 0.606. The maximum absolute atomic E-state index is 12.7. The molecule has 1 saturated carbocycles. The second-order valence-corrected chi connectivity index (χ2v) is 8.75. The zero-order valence-corrected chi connectivity index (χ0v) is 17.4. The zero-order chi connectivity index (χ0) is 22.0. The number of amides is 3. The molecule has 3 N–H and O–H groups in total. The van der Waals surface area contributed by atoms with Gasteiger partial charge < -0.3 is 15.3 Å². The molecule has 31 heavy (non-hydrogen) atoms. The Balaban J connectivity index is 1.29. The van der Waals surface area contributed by atoms with Crippen molar-refractivity contribution in [3.05, 3.63) is 23.9 Å². The van der Waals surface area contributed by atoms with E-state index in [1.54, 1.807) is 11.0 Å². The molecular weight excluding hydrogens is 400 g/mol. The van der Waals surface area contributed by atoms with Gasteiger partial charge in [0.15, 0.2) is 0 Å². The number of rotatable bonds is 5. The lowest BCUT2D eigenvalue weighted by molar-refractivity contribution is -0.142. The van der Waals surface area contributed by atoms with Crippen LogP contribution in [0.15, 0.2) is 18.2 Å². The fourth-order valence-corrected chi connectivity index (χ4v) is 4.82. The topological polar surface area (TPSA) is 129 Å². The third-order valence-electron chi connectivity index (χ3n) is 6.64. The molecule has 3 fully saturated rings. The van der Waals surface area contributed by atoms with E-state index in [2.05, 4.69) is 15.6 Å². The Kier molecular flexibility index (Phi) is 6.20. The first kappa shape index (κ1) is 21.3. The number of imide groups is 1. The van der Waals surface area contributed by atoms with Gasteiger partial charge in [-0.1, -0.05) is 6.07 Å². The average molecular weight is 428 g/mol. The molecule has 0 bridgehead atoms. The maximum Gasteiger partial charge on any atom is 0.308 e. The number of nitrogens with one attached hydrogen (secondary N) is 2. The highest BCUT2D eigenvalue weighted by molar-refractivity contribution is 6.00. The molecule has 3 aliphatic rings. The van der Waals surface area contributed by atoms with E-state index in [0.717, 1.165) is 25.7 Å². The molecule has 3 amide bonds. The predicted molar refractivity (Wildman–Crippen MR) is 111 cm³/mol. The summed E-state index contributed by atoms with van der Waals surface area (Å²) < 4.78 is 0. The van der Waals surface area contributed by atoms with E-state index < -0.39 is 17.8 Å². The number of carbonyl (C=O) groups excluding carboxylic acids is 3. The summed E-state index contributed by atoms with van der Waals surface area (Å²) in [6.07, 6.45) is 4.50. The van der Waals surface area contributed by atoms with Crippen LogP contribution in [0.4, 0.5) is 5.82 Å². The molecule has 1 aromatic rings. The van der Waals surface area contributed by atoms with E-state index in [1.807, 2.05) is 12.1 Å². The number of aliphatic carboxylic acids is 1. The summed E-state index contributed by atoms with van der Waals surface area (Å²) in [5.74, 6) is -1.49. The number of anilines is 1. The fraction of sp³-hybridized carbons (Fsp3) is 0.591. The van der Waals surface area contributed by atoms with Crippen molar-refractivity contribution in [2.45, 2.75) is 56.9 Å². The number of likely N-dealkylation sites (tertiary alicyclic amines) is 1. The molecule has 1 aliphatic carbocycles. The van der Waals surface area contributed by atoms with Crippen molar-refractivity contribution in [2.24, 2.45) is 11.8 Å². The molecule has 166 valence electrons. The number of aromatic nitrogens is 1. The first-order valence-electron chi connectivity index (χ1n) is 11.0. The molecule has 0 aromatic carbocycles. The summed E-state index contributed by atoms with van der Waals surface area (Å²) in [7, 11) is 0. The minimum Gasteiger partial charge on any atom is -0.481 e. The third-order valence-corrected chi connectivity index (χ3v) is 6.64. The second kappa shape index (κ2) is 9.03. The van der Waals surface area contributed by atoms with Gasteiger partial charge in [0.05, 0.1) is 17.5 Å². The van der Waals surface area contributed by atoms with Gasteiger partial charge >= 0.3 is 5.97 Å². The van der Waals surface area contributed by atoms with E-state index >= 15 is 0 Å². The molecular formula is C22H28N4O5. The standard InChI is InChI=1S/C22H28N4O5/c27-19-9-8-16(20(28)25-19)17-2-1-3-18(24-17)23-15-6-4-13(5-7-15)21(29)26-11-10-14(12-26)22(30)31/h1-3,13-16H,4-12H2,(H,23,24)(H,30,31)(H,25,27,28)/t13-,14-,15-,16?/m1/s1. The lowest BCUT2D eigenvalue weighted by Gasteiger charge is -2.31. The minimum atomic E-state index is -0.824. The number of carbonyl (C=O) groups is 4. The molecule has 0 spiro atoms. The van der Waals surface area contributed by atoms with Crippen LogP contribution in [-0.4, -0.2) is 57.8 Å². The molecule has 9 heteroatoms. The van der Waals surface area contributed by atoms with Crippen LogP contribution in [-0.2, 0) is 19.2 Å². The van der Waals surface area contributed by atoms with Gasteiger partial charge in [0.25, 0.3) is 0 Å². The number of piperidine rings is 1. The molecule has 4 rings (SSSR count). The summed E-state index contributed by atoms with van der Waals surface area (Å²) in [6, 6.07) is 5.72. The average Bonchev–Trinajstić information content (AvgIpc) is 3.25. The Hall–Kier alpha value is -2.97. The molecule has 3 heterocycles. The van der Waals surface area contributed by atoms with Gasteiger partial charge in [-0.25, -0.2) is 4.98 Å². The summed E-state index contributed by atoms with van der Waals surface area (Å²) in [5, 5.41) is 14.9. The largest absolute Gasteiger partial charge is 0.481 e. The van der Waals surface area contributed by atoms with E-state index in [1.165, 1.54) is 0 Å². The Morgan fingerprint density at radius 2 is 1.84 bits per heavy atom. The van der Waals surface area contributed by atoms with E-state index in [4.69, 9.17) is 5.11 Å². The van der Waals surface area contributed by atoms with Gasteiger partial charge in [0.2, 0.25) is 17.7 Å². The minimum absolute atomic E-state index is 0.0478. The molecule has 2 saturated heterocycles. The smallest absolute Gasteiger partial charge is 0.308 e. The summed E-state index contributed by atoms with van der Waals surface area (Å²) in [4.78, 5) is 53.7. The number of carboxylic acids is 1. The van der Waals surface area contributed by atoms with E-state index in [0.29, 0.717) is 43.9 Å². The van der Waals surface area contributed by atoms with Crippen molar-refractivity contribution in [3.63, 3.8) is 0 Å². The van der Waals surface area contributed by atoms with Crippen LogP contribution in [0.25, 0.3) is 0 Å². The zero-order valence-electron chi connectivity index (χ0n) is 17.4. The maximum atomic E-state index is 12.7. The third kappa shape index (κ3) is 4.86. The lowest BCUT2D eigenvalue weighted by Crippen LogP contribution is -2.40. The van der Waals surface area contributed by atoms with E-state index in [9.17, 15) is 19.2 Å². The molecule has 2 atom stereocenters. The number of carboxylic acid groups (broad SMARTS) is 1. The van der Waals surface area contributed by atoms with Crippen LogP contribution >= 0.6 is 0 Å². The van der Waals surface area contributed by atoms with Crippen molar-refractivity contribution in [1.82, 2.24) is 15.2 Å². The highest BCUT2D eigenvalue weighted by atomic mass is 16.4. The molecule has 1 aromatic heterocycles. The van der Waals surface area contributed by atoms with Crippen LogP contribution in [0.3, 0.4) is 0 Å². The fourth-order valence-electron chi connectivity index (χ4n) is 4.82. The van der Waals surface area contributed by atoms with Crippen LogP contribution in [0.1, 0.15) is 56.6 Å². The first-order valence-corrected chi connectivity index (χ1v) is 11.0. The summed E-state index contributed by atoms with van der Waals surface area (Å²) in [6.45, 7) is 0.856. The summed E-state index contributed by atoms with van der Waals surface area (Å²) in [5.41, 5.74) is 0.654. The normalized spacial score (nSPS) is 28.8. The van der Waals surface area contributed by atoms with Gasteiger partial charge in [0, 0.05) is 31.5 Å². The highest BCUT2D eigenvalue weighted by Crippen LogP contribution is 2.30. The SMILES string of the molecule is O=C1CCC(c2cccc(N[C@H]3CC[C@H](C(=O)N4CC[C@@H](C(=O)O)C4)CC3)n2)C(=O)N1. The van der Waals surface area contributed by atoms with Crippen LogP contribution in [0.2, 0.25) is 0 Å². The molecule has 1 unspecified atom stereocenters. The van der Waals surface area contributed by atoms with Crippen LogP contribution in [0.5, 0.6) is 0 Å². The number of hydrogen-bond acceptors (Lipinski definition) is 6. The van der Waals surface area contributed by atoms with Crippen LogP contribution in [0, 0.1) is 11.8 Å². The van der Waals surface area contributed by atoms with Crippen molar-refractivity contribution >= 4 is 29.5 Å². The highest BCUT2D eigenvalue weighted by Gasteiger charge is 2.35. The van der Waals surface area contributed by atoms with E-state index in [-0.39, 0.29) is 29.7 Å². The summed E-state index contributed by atoms with van der Waals surface area (Å²) >= 11 is 0. The predicted octanol–water partition coefficient (Wildman–Crippen LogP) is 1.51.